The molecule has 1 unspecified atom stereocenters. The Kier molecular flexibility index (Phi) is 3.86. The van der Waals surface area contributed by atoms with Crippen LogP contribution in [0.3, 0.4) is 0 Å². The summed E-state index contributed by atoms with van der Waals surface area (Å²) in [5.41, 5.74) is -4.27. The second-order valence-electron chi connectivity index (χ2n) is 3.11. The van der Waals surface area contributed by atoms with Crippen molar-refractivity contribution in [2.75, 3.05) is 0 Å². The third-order valence-electron chi connectivity index (χ3n) is 1.74. The summed E-state index contributed by atoms with van der Waals surface area (Å²) < 4.78 is 78.1. The summed E-state index contributed by atoms with van der Waals surface area (Å²) in [6, 6.07) is 2.77. The van der Waals surface area contributed by atoms with E-state index in [2.05, 4.69) is 16.3 Å². The molecule has 0 N–H and O–H groups in total. The van der Waals surface area contributed by atoms with Gasteiger partial charge < -0.3 is 17.7 Å². The van der Waals surface area contributed by atoms with E-state index in [4.69, 9.17) is 0 Å². The van der Waals surface area contributed by atoms with Gasteiger partial charge in [-0.1, -0.05) is 23.7 Å². The second kappa shape index (κ2) is 4.68. The lowest BCUT2D eigenvalue weighted by Crippen LogP contribution is -2.36. The number of hydrogen-bond acceptors (Lipinski definition) is 1. The van der Waals surface area contributed by atoms with E-state index < -0.39 is 29.9 Å². The maximum atomic E-state index is 12.7. The van der Waals surface area contributed by atoms with Crippen molar-refractivity contribution in [1.82, 2.24) is 0 Å². The molecule has 96 valence electrons. The van der Waals surface area contributed by atoms with Crippen molar-refractivity contribution in [1.29, 1.82) is 0 Å². The monoisotopic (exact) mass is 277 g/mol. The van der Waals surface area contributed by atoms with Crippen molar-refractivity contribution < 1.29 is 30.9 Å². The molecule has 0 bridgehead atoms. The van der Waals surface area contributed by atoms with Gasteiger partial charge in [-0.05, 0) is 12.1 Å². The van der Waals surface area contributed by atoms with Crippen molar-refractivity contribution in [3.8, 4) is 5.75 Å². The predicted octanol–water partition coefficient (Wildman–Crippen LogP) is 3.25. The molecule has 1 atom stereocenters. The Morgan fingerprint density at radius 2 is 1.82 bits per heavy atom. The van der Waals surface area contributed by atoms with Gasteiger partial charge in [-0.25, -0.2) is 4.39 Å². The van der Waals surface area contributed by atoms with Crippen LogP contribution in [0.2, 0.25) is 0 Å². The predicted molar refractivity (Wildman–Crippen MR) is 51.5 cm³/mol. The SMILES string of the molecule is FC(Cl)C(F)(F)Oc1cccc([B-](F)(F)F)c1. The minimum Gasteiger partial charge on any atom is -0.445 e. The maximum Gasteiger partial charge on any atom is 0.509 e. The Bertz CT molecular complexity index is 394. The molecule has 0 amide bonds. The average Bonchev–Trinajstić information content (AvgIpc) is 2.15. The number of benzene rings is 1. The van der Waals surface area contributed by atoms with Crippen LogP contribution in [-0.4, -0.2) is 18.7 Å². The molecule has 0 saturated carbocycles. The van der Waals surface area contributed by atoms with Crippen LogP contribution in [0.4, 0.5) is 26.1 Å². The Labute approximate surface area is 97.4 Å². The highest BCUT2D eigenvalue weighted by molar-refractivity contribution is 6.73. The van der Waals surface area contributed by atoms with Crippen LogP contribution < -0.4 is 10.2 Å². The summed E-state index contributed by atoms with van der Waals surface area (Å²) in [6.45, 7) is -5.34. The van der Waals surface area contributed by atoms with E-state index in [0.29, 0.717) is 12.1 Å². The van der Waals surface area contributed by atoms with Crippen molar-refractivity contribution in [2.24, 2.45) is 0 Å². The molecule has 0 heterocycles. The van der Waals surface area contributed by atoms with Crippen molar-refractivity contribution in [3.63, 3.8) is 0 Å². The van der Waals surface area contributed by atoms with Crippen LogP contribution in [-0.2, 0) is 0 Å². The summed E-state index contributed by atoms with van der Waals surface area (Å²) in [5.74, 6) is -0.810. The van der Waals surface area contributed by atoms with Crippen LogP contribution in [0.1, 0.15) is 0 Å². The zero-order chi connectivity index (χ0) is 13.3. The van der Waals surface area contributed by atoms with Crippen molar-refractivity contribution in [2.45, 2.75) is 11.7 Å². The Morgan fingerprint density at radius 3 is 2.29 bits per heavy atom. The van der Waals surface area contributed by atoms with Gasteiger partial charge in [-0.15, -0.1) is 5.46 Å². The van der Waals surface area contributed by atoms with E-state index >= 15 is 0 Å². The van der Waals surface area contributed by atoms with Crippen LogP contribution >= 0.6 is 11.6 Å². The summed E-state index contributed by atoms with van der Waals surface area (Å²) in [4.78, 5) is 0. The second-order valence-corrected chi connectivity index (χ2v) is 3.49. The van der Waals surface area contributed by atoms with Gasteiger partial charge in [0.1, 0.15) is 5.75 Å². The van der Waals surface area contributed by atoms with E-state index in [-0.39, 0.29) is 0 Å². The van der Waals surface area contributed by atoms with Gasteiger partial charge in [0, 0.05) is 0 Å². The van der Waals surface area contributed by atoms with E-state index in [0.717, 1.165) is 12.1 Å². The Hall–Kier alpha value is -1.05. The molecule has 0 aromatic heterocycles. The summed E-state index contributed by atoms with van der Waals surface area (Å²) in [6.07, 6.45) is -4.39. The molecule has 17 heavy (non-hydrogen) atoms. The first-order valence-corrected chi connectivity index (χ1v) is 4.71. The lowest BCUT2D eigenvalue weighted by Gasteiger charge is -2.20. The number of alkyl halides is 4. The van der Waals surface area contributed by atoms with E-state index in [9.17, 15) is 26.1 Å². The standard InChI is InChI=1S/C8H5BClF6O/c10-7(11)8(12,13)17-6-3-1-2-5(4-6)9(14,15)16/h1-4,7H/q-1. The lowest BCUT2D eigenvalue weighted by atomic mass is 9.80. The zero-order valence-corrected chi connectivity index (χ0v) is 8.77. The molecule has 1 rings (SSSR count). The summed E-state index contributed by atoms with van der Waals surface area (Å²) >= 11 is 4.49. The third-order valence-corrected chi connectivity index (χ3v) is 2.00. The molecule has 0 aliphatic rings. The highest BCUT2D eigenvalue weighted by Crippen LogP contribution is 2.28. The van der Waals surface area contributed by atoms with Gasteiger partial charge in [0.05, 0.1) is 0 Å². The molecule has 0 fully saturated rings. The molecule has 0 spiro atoms. The van der Waals surface area contributed by atoms with Gasteiger partial charge in [0.2, 0.25) is 0 Å². The normalized spacial score (nSPS) is 14.5. The van der Waals surface area contributed by atoms with Gasteiger partial charge in [0.25, 0.3) is 5.63 Å². The molecule has 9 heteroatoms. The maximum absolute atomic E-state index is 12.7. The van der Waals surface area contributed by atoms with E-state index in [1.807, 2.05) is 0 Å². The minimum atomic E-state index is -5.34. The minimum absolute atomic E-state index is 0.354. The van der Waals surface area contributed by atoms with Crippen LogP contribution in [0.25, 0.3) is 0 Å². The number of ether oxygens (including phenoxy) is 1. The van der Waals surface area contributed by atoms with Crippen molar-refractivity contribution >= 4 is 24.0 Å². The van der Waals surface area contributed by atoms with Crippen LogP contribution in [0.15, 0.2) is 24.3 Å². The molecule has 1 aromatic rings. The molecule has 0 saturated heterocycles. The van der Waals surface area contributed by atoms with Crippen LogP contribution in [0.5, 0.6) is 5.75 Å². The smallest absolute Gasteiger partial charge is 0.445 e. The lowest BCUT2D eigenvalue weighted by molar-refractivity contribution is -0.199. The fourth-order valence-electron chi connectivity index (χ4n) is 0.983. The number of hydrogen-bond donors (Lipinski definition) is 0. The largest absolute Gasteiger partial charge is 0.509 e. The molecule has 1 aromatic carbocycles. The fraction of sp³-hybridized carbons (Fsp3) is 0.250. The molecule has 0 aliphatic carbocycles. The first-order valence-electron chi connectivity index (χ1n) is 4.28. The number of halogens is 7. The molecule has 1 nitrogen and oxygen atoms in total. The van der Waals surface area contributed by atoms with Crippen LogP contribution in [0, 0.1) is 0 Å². The Balaban J connectivity index is 2.94. The molecular formula is C8H5BClF6O-. The number of rotatable bonds is 4. The topological polar surface area (TPSA) is 9.23 Å². The highest BCUT2D eigenvalue weighted by atomic mass is 35.5. The molecular weight excluding hydrogens is 272 g/mol. The van der Waals surface area contributed by atoms with Gasteiger partial charge in [-0.2, -0.15) is 8.78 Å². The summed E-state index contributed by atoms with van der Waals surface area (Å²) in [7, 11) is 0. The van der Waals surface area contributed by atoms with E-state index in [1.165, 1.54) is 0 Å². The highest BCUT2D eigenvalue weighted by Gasteiger charge is 2.42. The van der Waals surface area contributed by atoms with Gasteiger partial charge >= 0.3 is 13.1 Å². The first kappa shape index (κ1) is 14.0. The molecule has 0 aliphatic heterocycles. The zero-order valence-electron chi connectivity index (χ0n) is 8.02. The first-order chi connectivity index (χ1) is 7.63. The quantitative estimate of drug-likeness (QED) is 0.466. The van der Waals surface area contributed by atoms with E-state index in [1.54, 1.807) is 0 Å². The van der Waals surface area contributed by atoms with Crippen molar-refractivity contribution in [3.05, 3.63) is 24.3 Å². The summed E-state index contributed by atoms with van der Waals surface area (Å²) in [5, 5.41) is 0. The average molecular weight is 277 g/mol. The van der Waals surface area contributed by atoms with Gasteiger partial charge in [0.15, 0.2) is 0 Å². The Morgan fingerprint density at radius 1 is 1.24 bits per heavy atom. The third kappa shape index (κ3) is 3.73. The van der Waals surface area contributed by atoms with Gasteiger partial charge in [-0.3, -0.25) is 0 Å². The molecule has 0 radical (unpaired) electrons. The fourth-order valence-corrected chi connectivity index (χ4v) is 1.03.